The molecule has 4 nitrogen and oxygen atoms in total. The second kappa shape index (κ2) is 5.78. The number of hydrogen-bond acceptors (Lipinski definition) is 4. The highest BCUT2D eigenvalue weighted by Crippen LogP contribution is 2.44. The van der Waals surface area contributed by atoms with Crippen molar-refractivity contribution in [3.8, 4) is 17.6 Å². The number of Topliss-reactive ketones (excluding diaryl/α,β-unsaturated/α-hetero) is 2. The van der Waals surface area contributed by atoms with Gasteiger partial charge in [-0.2, -0.15) is 0 Å². The van der Waals surface area contributed by atoms with E-state index in [-0.39, 0.29) is 11.6 Å². The lowest BCUT2D eigenvalue weighted by Crippen LogP contribution is -2.15. The maximum Gasteiger partial charge on any atom is 0.182 e. The zero-order chi connectivity index (χ0) is 17.6. The summed E-state index contributed by atoms with van der Waals surface area (Å²) in [5.74, 6) is 5.07. The van der Waals surface area contributed by atoms with E-state index in [0.717, 1.165) is 12.0 Å². The van der Waals surface area contributed by atoms with Crippen LogP contribution >= 0.6 is 0 Å². The van der Waals surface area contributed by atoms with Gasteiger partial charge in [-0.1, -0.05) is 18.9 Å². The lowest BCUT2D eigenvalue weighted by atomic mass is 9.92. The Morgan fingerprint density at radius 3 is 2.36 bits per heavy atom. The van der Waals surface area contributed by atoms with Crippen LogP contribution in [0, 0.1) is 11.8 Å². The van der Waals surface area contributed by atoms with Gasteiger partial charge >= 0.3 is 0 Å². The maximum atomic E-state index is 12.9. The molecule has 0 fully saturated rings. The summed E-state index contributed by atoms with van der Waals surface area (Å²) >= 11 is 0. The van der Waals surface area contributed by atoms with Crippen LogP contribution in [0.25, 0.3) is 11.2 Å². The molecule has 0 atom stereocenters. The molecule has 2 bridgehead atoms. The van der Waals surface area contributed by atoms with Crippen molar-refractivity contribution in [2.75, 3.05) is 6.61 Å². The minimum atomic E-state index is -0.866. The fourth-order valence-corrected chi connectivity index (χ4v) is 3.36. The molecule has 2 heterocycles. The van der Waals surface area contributed by atoms with Crippen LogP contribution < -0.4 is 4.74 Å². The minimum Gasteiger partial charge on any atom is -0.493 e. The Balaban J connectivity index is 1.81. The Labute approximate surface area is 145 Å². The number of furan rings is 2. The highest BCUT2D eigenvalue weighted by atomic mass is 16.5. The summed E-state index contributed by atoms with van der Waals surface area (Å²) in [5, 5.41) is 0. The molecule has 0 radical (unpaired) electrons. The monoisotopic (exact) mass is 332 g/mol. The summed E-state index contributed by atoms with van der Waals surface area (Å²) in [6, 6.07) is 8.86. The number of carbonyl (C=O) groups is 2. The van der Waals surface area contributed by atoms with Crippen molar-refractivity contribution < 1.29 is 18.7 Å². The summed E-state index contributed by atoms with van der Waals surface area (Å²) in [6.45, 7) is 4.28. The van der Waals surface area contributed by atoms with Gasteiger partial charge in [-0.05, 0) is 37.6 Å². The van der Waals surface area contributed by atoms with Crippen molar-refractivity contribution in [3.63, 3.8) is 0 Å². The van der Waals surface area contributed by atoms with E-state index in [0.29, 0.717) is 40.2 Å². The van der Waals surface area contributed by atoms with Gasteiger partial charge in [0.25, 0.3) is 0 Å². The fraction of sp³-hybridized carbons (Fsp3) is 0.238. The van der Waals surface area contributed by atoms with Gasteiger partial charge in [-0.15, -0.1) is 5.92 Å². The summed E-state index contributed by atoms with van der Waals surface area (Å²) in [7, 11) is 0. The molecule has 1 aliphatic rings. The van der Waals surface area contributed by atoms with Crippen molar-refractivity contribution in [1.29, 1.82) is 0 Å². The van der Waals surface area contributed by atoms with Gasteiger partial charge in [0, 0.05) is 11.1 Å². The lowest BCUT2D eigenvalue weighted by Gasteiger charge is -2.15. The fourth-order valence-electron chi connectivity index (χ4n) is 3.36. The van der Waals surface area contributed by atoms with Crippen molar-refractivity contribution in [2.45, 2.75) is 26.2 Å². The average Bonchev–Trinajstić information content (AvgIpc) is 3.28. The third-order valence-electron chi connectivity index (χ3n) is 4.42. The van der Waals surface area contributed by atoms with Gasteiger partial charge < -0.3 is 9.15 Å². The molecule has 1 aliphatic carbocycles. The van der Waals surface area contributed by atoms with E-state index in [9.17, 15) is 9.59 Å². The smallest absolute Gasteiger partial charge is 0.182 e. The molecule has 0 N–H and O–H groups in total. The number of rotatable bonds is 4. The molecule has 4 heteroatoms. The van der Waals surface area contributed by atoms with Gasteiger partial charge in [-0.3, -0.25) is 9.59 Å². The van der Waals surface area contributed by atoms with E-state index in [1.54, 1.807) is 31.2 Å². The maximum absolute atomic E-state index is 12.9. The summed E-state index contributed by atoms with van der Waals surface area (Å²) in [6.07, 6.45) is 0.831. The van der Waals surface area contributed by atoms with Gasteiger partial charge in [0.05, 0.1) is 17.7 Å². The Morgan fingerprint density at radius 2 is 1.76 bits per heavy atom. The SMILES string of the molecule is CC#Cc1ccc(C2C(=O)c3c(c4ccc3o4)C2=O)c(OCCC)c1. The molecule has 4 rings (SSSR count). The van der Waals surface area contributed by atoms with E-state index < -0.39 is 5.92 Å². The molecule has 0 aliphatic heterocycles. The molecule has 3 aromatic rings. The molecular weight excluding hydrogens is 316 g/mol. The van der Waals surface area contributed by atoms with Crippen LogP contribution in [0.1, 0.15) is 58.0 Å². The van der Waals surface area contributed by atoms with Crippen LogP contribution in [0.15, 0.2) is 34.7 Å². The van der Waals surface area contributed by atoms with E-state index >= 15 is 0 Å². The minimum absolute atomic E-state index is 0.218. The van der Waals surface area contributed by atoms with Crippen LogP contribution in [-0.2, 0) is 0 Å². The van der Waals surface area contributed by atoms with Crippen LogP contribution in [0.5, 0.6) is 5.75 Å². The second-order valence-electron chi connectivity index (χ2n) is 6.05. The Hall–Kier alpha value is -3.06. The van der Waals surface area contributed by atoms with Gasteiger partial charge in [-0.25, -0.2) is 0 Å². The van der Waals surface area contributed by atoms with Gasteiger partial charge in [0.2, 0.25) is 0 Å². The van der Waals surface area contributed by atoms with Crippen molar-refractivity contribution >= 4 is 22.7 Å². The van der Waals surface area contributed by atoms with Crippen LogP contribution in [0.2, 0.25) is 0 Å². The zero-order valence-corrected chi connectivity index (χ0v) is 14.0. The largest absolute Gasteiger partial charge is 0.493 e. The first kappa shape index (κ1) is 15.5. The highest BCUT2D eigenvalue weighted by Gasteiger charge is 2.45. The molecule has 0 amide bonds. The predicted molar refractivity (Wildman–Crippen MR) is 93.6 cm³/mol. The topological polar surface area (TPSA) is 56.5 Å². The number of carbonyl (C=O) groups excluding carboxylic acids is 2. The lowest BCUT2D eigenvalue weighted by molar-refractivity contribution is 0.0887. The Kier molecular flexibility index (Phi) is 3.58. The van der Waals surface area contributed by atoms with Crippen molar-refractivity contribution in [2.24, 2.45) is 0 Å². The third kappa shape index (κ3) is 2.24. The number of ether oxygens (including phenoxy) is 1. The number of fused-ring (bicyclic) bond motifs is 5. The average molecular weight is 332 g/mol. The van der Waals surface area contributed by atoms with E-state index in [1.165, 1.54) is 0 Å². The summed E-state index contributed by atoms with van der Waals surface area (Å²) in [5.41, 5.74) is 3.17. The molecule has 0 unspecified atom stereocenters. The molecule has 0 spiro atoms. The van der Waals surface area contributed by atoms with Crippen LogP contribution in [0.4, 0.5) is 0 Å². The first-order valence-corrected chi connectivity index (χ1v) is 8.28. The quantitative estimate of drug-likeness (QED) is 0.531. The molecule has 0 saturated carbocycles. The number of benzene rings is 2. The number of hydrogen-bond donors (Lipinski definition) is 0. The van der Waals surface area contributed by atoms with Crippen LogP contribution in [0.3, 0.4) is 0 Å². The molecule has 25 heavy (non-hydrogen) atoms. The third-order valence-corrected chi connectivity index (χ3v) is 4.42. The predicted octanol–water partition coefficient (Wildman–Crippen LogP) is 4.19. The van der Waals surface area contributed by atoms with E-state index in [1.807, 2.05) is 13.0 Å². The van der Waals surface area contributed by atoms with Crippen molar-refractivity contribution in [1.82, 2.24) is 0 Å². The molecule has 1 aromatic carbocycles. The standard InChI is InChI=1S/C21H16O4/c1-3-5-12-6-7-13(16(11-12)24-10-4-2)17-20(22)18-14-8-9-15(25-14)19(18)21(17)23/h6-9,11,17H,4,10H2,1-2H3. The normalized spacial score (nSPS) is 14.0. The zero-order valence-electron chi connectivity index (χ0n) is 14.0. The van der Waals surface area contributed by atoms with Gasteiger partial charge in [0.15, 0.2) is 11.6 Å². The second-order valence-corrected chi connectivity index (χ2v) is 6.05. The number of ketones is 2. The summed E-state index contributed by atoms with van der Waals surface area (Å²) < 4.78 is 11.3. The molecule has 124 valence electrons. The van der Waals surface area contributed by atoms with Gasteiger partial charge in [0.1, 0.15) is 22.8 Å². The van der Waals surface area contributed by atoms with Crippen LogP contribution in [-0.4, -0.2) is 18.2 Å². The molecule has 0 saturated heterocycles. The Bertz CT molecular complexity index is 1000. The highest BCUT2D eigenvalue weighted by molar-refractivity contribution is 6.34. The first-order chi connectivity index (χ1) is 12.2. The Morgan fingerprint density at radius 1 is 1.08 bits per heavy atom. The van der Waals surface area contributed by atoms with Crippen molar-refractivity contribution in [3.05, 3.63) is 52.6 Å². The molecular formula is C21H16O4. The summed E-state index contributed by atoms with van der Waals surface area (Å²) in [4.78, 5) is 25.8. The first-order valence-electron chi connectivity index (χ1n) is 8.28. The van der Waals surface area contributed by atoms with E-state index in [2.05, 4.69) is 11.8 Å². The van der Waals surface area contributed by atoms with E-state index in [4.69, 9.17) is 9.15 Å². The molecule has 2 aromatic heterocycles.